The van der Waals surface area contributed by atoms with Crippen LogP contribution < -0.4 is 20.7 Å². The first-order valence-electron chi connectivity index (χ1n) is 10.1. The van der Waals surface area contributed by atoms with Crippen molar-refractivity contribution in [2.24, 2.45) is 10.9 Å². The summed E-state index contributed by atoms with van der Waals surface area (Å²) in [6.45, 7) is 6.46. The Labute approximate surface area is 167 Å². The van der Waals surface area contributed by atoms with E-state index in [1.54, 1.807) is 19.2 Å². The monoisotopic (exact) mass is 392 g/mol. The van der Waals surface area contributed by atoms with Crippen molar-refractivity contribution in [1.29, 1.82) is 0 Å². The van der Waals surface area contributed by atoms with Crippen LogP contribution in [0.2, 0.25) is 0 Å². The summed E-state index contributed by atoms with van der Waals surface area (Å²) in [7, 11) is 1.73. The zero-order chi connectivity index (χ0) is 20.5. The lowest BCUT2D eigenvalue weighted by Crippen LogP contribution is -2.49. The van der Waals surface area contributed by atoms with Crippen LogP contribution in [0.1, 0.15) is 46.5 Å². The molecule has 1 aromatic rings. The van der Waals surface area contributed by atoms with Gasteiger partial charge in [0.1, 0.15) is 17.7 Å². The molecule has 3 N–H and O–H groups in total. The van der Waals surface area contributed by atoms with Crippen molar-refractivity contribution in [3.8, 4) is 5.75 Å². The van der Waals surface area contributed by atoms with E-state index in [1.807, 2.05) is 20.8 Å². The maximum Gasteiger partial charge on any atom is 0.223 e. The second-order valence-electron chi connectivity index (χ2n) is 7.70. The summed E-state index contributed by atoms with van der Waals surface area (Å²) < 4.78 is 18.7. The predicted octanol–water partition coefficient (Wildman–Crippen LogP) is 2.84. The van der Waals surface area contributed by atoms with Crippen LogP contribution in [0.25, 0.3) is 0 Å². The topological polar surface area (TPSA) is 74.8 Å². The zero-order valence-electron chi connectivity index (χ0n) is 17.3. The molecule has 1 fully saturated rings. The van der Waals surface area contributed by atoms with Gasteiger partial charge >= 0.3 is 0 Å². The van der Waals surface area contributed by atoms with E-state index in [9.17, 15) is 9.18 Å². The number of guanidine groups is 1. The van der Waals surface area contributed by atoms with Crippen molar-refractivity contribution in [1.82, 2.24) is 16.0 Å². The van der Waals surface area contributed by atoms with Gasteiger partial charge in [0.15, 0.2) is 5.96 Å². The molecule has 3 atom stereocenters. The summed E-state index contributed by atoms with van der Waals surface area (Å²) >= 11 is 0. The van der Waals surface area contributed by atoms with Gasteiger partial charge in [-0.2, -0.15) is 0 Å². The van der Waals surface area contributed by atoms with E-state index in [0.717, 1.165) is 25.7 Å². The summed E-state index contributed by atoms with van der Waals surface area (Å²) in [6, 6.07) is 6.37. The molecule has 7 heteroatoms. The third-order valence-electron chi connectivity index (χ3n) is 4.75. The van der Waals surface area contributed by atoms with E-state index >= 15 is 0 Å². The third kappa shape index (κ3) is 7.37. The SMILES string of the molecule is CN=C(NCC(C)Oc1ccc(F)cc1)NC1CCCC(C(=O)NC(C)C)C1. The Morgan fingerprint density at radius 2 is 1.96 bits per heavy atom. The maximum absolute atomic E-state index is 13.0. The van der Waals surface area contributed by atoms with Gasteiger partial charge in [-0.25, -0.2) is 4.39 Å². The normalized spacial score (nSPS) is 21.1. The molecule has 1 amide bonds. The lowest BCUT2D eigenvalue weighted by atomic mass is 9.85. The van der Waals surface area contributed by atoms with Gasteiger partial charge < -0.3 is 20.7 Å². The lowest BCUT2D eigenvalue weighted by molar-refractivity contribution is -0.126. The van der Waals surface area contributed by atoms with Crippen molar-refractivity contribution >= 4 is 11.9 Å². The van der Waals surface area contributed by atoms with E-state index in [1.165, 1.54) is 12.1 Å². The van der Waals surface area contributed by atoms with Crippen molar-refractivity contribution in [2.45, 2.75) is 64.6 Å². The highest BCUT2D eigenvalue weighted by atomic mass is 19.1. The maximum atomic E-state index is 13.0. The van der Waals surface area contributed by atoms with Gasteiger partial charge in [0.2, 0.25) is 5.91 Å². The average Bonchev–Trinajstić information content (AvgIpc) is 2.66. The fourth-order valence-electron chi connectivity index (χ4n) is 3.38. The number of hydrogen-bond donors (Lipinski definition) is 3. The van der Waals surface area contributed by atoms with E-state index in [2.05, 4.69) is 20.9 Å². The number of carbonyl (C=O) groups is 1. The highest BCUT2D eigenvalue weighted by Gasteiger charge is 2.28. The summed E-state index contributed by atoms with van der Waals surface area (Å²) in [6.07, 6.45) is 3.68. The summed E-state index contributed by atoms with van der Waals surface area (Å²) in [5.74, 6) is 1.24. The molecular weight excluding hydrogens is 359 g/mol. The van der Waals surface area contributed by atoms with Crippen molar-refractivity contribution in [3.05, 3.63) is 30.1 Å². The standard InChI is InChI=1S/C21H33FN4O2/c1-14(2)25-20(27)16-6-5-7-18(12-16)26-21(23-4)24-13-15(3)28-19-10-8-17(22)9-11-19/h8-11,14-16,18H,5-7,12-13H2,1-4H3,(H,25,27)(H2,23,24,26). The first-order chi connectivity index (χ1) is 13.4. The minimum Gasteiger partial charge on any atom is -0.489 e. The van der Waals surface area contributed by atoms with Gasteiger partial charge in [-0.1, -0.05) is 6.42 Å². The van der Waals surface area contributed by atoms with E-state index in [0.29, 0.717) is 18.3 Å². The first-order valence-corrected chi connectivity index (χ1v) is 10.1. The molecule has 0 bridgehead atoms. The van der Waals surface area contributed by atoms with Crippen LogP contribution in [0.3, 0.4) is 0 Å². The molecule has 1 saturated carbocycles. The van der Waals surface area contributed by atoms with Crippen molar-refractivity contribution in [3.63, 3.8) is 0 Å². The molecule has 1 aliphatic carbocycles. The molecule has 1 aromatic carbocycles. The highest BCUT2D eigenvalue weighted by Crippen LogP contribution is 2.24. The smallest absolute Gasteiger partial charge is 0.223 e. The number of carbonyl (C=O) groups excluding carboxylic acids is 1. The molecule has 28 heavy (non-hydrogen) atoms. The van der Waals surface area contributed by atoms with Crippen LogP contribution in [-0.4, -0.2) is 43.6 Å². The first kappa shape index (κ1) is 22.0. The molecule has 3 unspecified atom stereocenters. The second-order valence-corrected chi connectivity index (χ2v) is 7.70. The Kier molecular flexibility index (Phi) is 8.54. The number of amides is 1. The fraction of sp³-hybridized carbons (Fsp3) is 0.619. The molecule has 6 nitrogen and oxygen atoms in total. The Hall–Kier alpha value is -2.31. The average molecular weight is 393 g/mol. The van der Waals surface area contributed by atoms with Crippen molar-refractivity contribution in [2.75, 3.05) is 13.6 Å². The second kappa shape index (κ2) is 10.9. The molecule has 0 aromatic heterocycles. The molecule has 0 saturated heterocycles. The minimum atomic E-state index is -0.282. The van der Waals surface area contributed by atoms with Gasteiger partial charge in [-0.3, -0.25) is 9.79 Å². The number of hydrogen-bond acceptors (Lipinski definition) is 3. The highest BCUT2D eigenvalue weighted by molar-refractivity contribution is 5.81. The molecule has 156 valence electrons. The number of ether oxygens (including phenoxy) is 1. The van der Waals surface area contributed by atoms with Gasteiger partial charge in [-0.05, 0) is 64.3 Å². The quantitative estimate of drug-likeness (QED) is 0.493. The van der Waals surface area contributed by atoms with Crippen LogP contribution in [0, 0.1) is 11.7 Å². The van der Waals surface area contributed by atoms with E-state index in [4.69, 9.17) is 4.74 Å². The molecular formula is C21H33FN4O2. The van der Waals surface area contributed by atoms with Crippen LogP contribution in [0.5, 0.6) is 5.75 Å². The Morgan fingerprint density at radius 3 is 2.61 bits per heavy atom. The number of nitrogens with one attached hydrogen (secondary N) is 3. The van der Waals surface area contributed by atoms with Gasteiger partial charge in [0.25, 0.3) is 0 Å². The van der Waals surface area contributed by atoms with Gasteiger partial charge in [-0.15, -0.1) is 0 Å². The van der Waals surface area contributed by atoms with Gasteiger partial charge in [0.05, 0.1) is 6.54 Å². The van der Waals surface area contributed by atoms with Crippen LogP contribution >= 0.6 is 0 Å². The van der Waals surface area contributed by atoms with E-state index < -0.39 is 0 Å². The summed E-state index contributed by atoms with van der Waals surface area (Å²) in [5, 5.41) is 9.70. The third-order valence-corrected chi connectivity index (χ3v) is 4.75. The summed E-state index contributed by atoms with van der Waals surface area (Å²) in [4.78, 5) is 16.6. The number of halogens is 1. The number of rotatable bonds is 7. The van der Waals surface area contributed by atoms with Crippen LogP contribution in [0.4, 0.5) is 4.39 Å². The zero-order valence-corrected chi connectivity index (χ0v) is 17.3. The number of nitrogens with zero attached hydrogens (tertiary/aromatic N) is 1. The molecule has 0 aliphatic heterocycles. The Bertz CT molecular complexity index is 648. The van der Waals surface area contributed by atoms with E-state index in [-0.39, 0.29) is 35.8 Å². The Morgan fingerprint density at radius 1 is 1.25 bits per heavy atom. The number of aliphatic imine (C=N–C) groups is 1. The van der Waals surface area contributed by atoms with Crippen molar-refractivity contribution < 1.29 is 13.9 Å². The lowest BCUT2D eigenvalue weighted by Gasteiger charge is -2.30. The fourth-order valence-corrected chi connectivity index (χ4v) is 3.38. The molecule has 1 aliphatic rings. The van der Waals surface area contributed by atoms with Crippen LogP contribution in [0.15, 0.2) is 29.3 Å². The molecule has 2 rings (SSSR count). The Balaban J connectivity index is 1.78. The minimum absolute atomic E-state index is 0.0486. The van der Waals surface area contributed by atoms with Gasteiger partial charge in [0, 0.05) is 25.0 Å². The van der Waals surface area contributed by atoms with Crippen LogP contribution in [-0.2, 0) is 4.79 Å². The molecule has 0 spiro atoms. The largest absolute Gasteiger partial charge is 0.489 e. The molecule has 0 heterocycles. The molecule has 0 radical (unpaired) electrons. The predicted molar refractivity (Wildman–Crippen MR) is 110 cm³/mol. The summed E-state index contributed by atoms with van der Waals surface area (Å²) in [5.41, 5.74) is 0. The number of benzene rings is 1.